The molecule has 15 heavy (non-hydrogen) atoms. The third kappa shape index (κ3) is 6.56. The molecule has 0 radical (unpaired) electrons. The van der Waals surface area contributed by atoms with Crippen LogP contribution in [-0.2, 0) is 0 Å². The van der Waals surface area contributed by atoms with Crippen LogP contribution in [0.3, 0.4) is 0 Å². The Bertz CT molecular complexity index is 189. The number of rotatable bonds is 6. The summed E-state index contributed by atoms with van der Waals surface area (Å²) in [4.78, 5) is 2.34. The Morgan fingerprint density at radius 3 is 2.20 bits per heavy atom. The van der Waals surface area contributed by atoms with Crippen LogP contribution in [-0.4, -0.2) is 25.2 Å². The first-order valence-electron chi connectivity index (χ1n) is 5.86. The second-order valence-electron chi connectivity index (χ2n) is 5.73. The van der Waals surface area contributed by atoms with E-state index in [1.165, 1.54) is 12.1 Å². The van der Waals surface area contributed by atoms with E-state index in [9.17, 15) is 0 Å². The zero-order valence-electron chi connectivity index (χ0n) is 11.4. The number of hydrogen-bond donors (Lipinski definition) is 1. The van der Waals surface area contributed by atoms with Crippen LogP contribution in [0.4, 0.5) is 0 Å². The van der Waals surface area contributed by atoms with Crippen molar-refractivity contribution in [2.45, 2.75) is 41.0 Å². The van der Waals surface area contributed by atoms with Crippen LogP contribution in [0.15, 0.2) is 12.3 Å². The van der Waals surface area contributed by atoms with Gasteiger partial charge in [0.1, 0.15) is 0 Å². The van der Waals surface area contributed by atoms with Crippen LogP contribution >= 0.6 is 0 Å². The van der Waals surface area contributed by atoms with Crippen molar-refractivity contribution < 1.29 is 0 Å². The van der Waals surface area contributed by atoms with Crippen LogP contribution < -0.4 is 5.32 Å². The van der Waals surface area contributed by atoms with Crippen LogP contribution in [0.2, 0.25) is 0 Å². The maximum atomic E-state index is 4.16. The highest BCUT2D eigenvalue weighted by atomic mass is 15.2. The van der Waals surface area contributed by atoms with Gasteiger partial charge in [0.15, 0.2) is 0 Å². The predicted octanol–water partition coefficient (Wildman–Crippen LogP) is 3.07. The summed E-state index contributed by atoms with van der Waals surface area (Å²) in [6, 6.07) is 0. The molecule has 0 fully saturated rings. The van der Waals surface area contributed by atoms with E-state index in [4.69, 9.17) is 0 Å². The smallest absolute Gasteiger partial charge is 0.0676 e. The maximum Gasteiger partial charge on any atom is 0.0676 e. The second kappa shape index (κ2) is 6.16. The number of nitrogens with one attached hydrogen (secondary N) is 1. The first-order chi connectivity index (χ1) is 6.78. The summed E-state index contributed by atoms with van der Waals surface area (Å²) in [6.07, 6.45) is 1.19. The Morgan fingerprint density at radius 2 is 1.87 bits per heavy atom. The van der Waals surface area contributed by atoms with Gasteiger partial charge >= 0.3 is 0 Å². The molecule has 0 aromatic carbocycles. The highest BCUT2D eigenvalue weighted by molar-refractivity contribution is 4.96. The molecule has 2 nitrogen and oxygen atoms in total. The SMILES string of the molecule is C=C(C(C)C)N(CCC(C)(C)C)CNC. The Labute approximate surface area is 95.7 Å². The van der Waals surface area contributed by atoms with Crippen molar-refractivity contribution in [3.05, 3.63) is 12.3 Å². The lowest BCUT2D eigenvalue weighted by atomic mass is 9.92. The third-order valence-electron chi connectivity index (χ3n) is 2.55. The standard InChI is InChI=1S/C13H28N2/c1-11(2)12(3)15(10-14-7)9-8-13(4,5)6/h11,14H,3,8-10H2,1-2,4-7H3. The molecule has 0 aromatic heterocycles. The molecule has 0 aliphatic rings. The lowest BCUT2D eigenvalue weighted by Crippen LogP contribution is -2.35. The summed E-state index contributed by atoms with van der Waals surface area (Å²) >= 11 is 0. The van der Waals surface area contributed by atoms with E-state index in [2.05, 4.69) is 51.4 Å². The van der Waals surface area contributed by atoms with Crippen molar-refractivity contribution in [3.63, 3.8) is 0 Å². The highest BCUT2D eigenvalue weighted by Crippen LogP contribution is 2.21. The molecule has 0 rings (SSSR count). The first-order valence-corrected chi connectivity index (χ1v) is 5.86. The lowest BCUT2D eigenvalue weighted by molar-refractivity contribution is 0.247. The van der Waals surface area contributed by atoms with Crippen molar-refractivity contribution in [1.82, 2.24) is 10.2 Å². The monoisotopic (exact) mass is 212 g/mol. The first kappa shape index (κ1) is 14.5. The molecule has 0 aliphatic carbocycles. The van der Waals surface area contributed by atoms with Crippen molar-refractivity contribution in [2.75, 3.05) is 20.3 Å². The van der Waals surface area contributed by atoms with E-state index in [1.807, 2.05) is 7.05 Å². The fourth-order valence-electron chi connectivity index (χ4n) is 1.35. The van der Waals surface area contributed by atoms with Crippen molar-refractivity contribution in [3.8, 4) is 0 Å². The van der Waals surface area contributed by atoms with E-state index >= 15 is 0 Å². The fraction of sp³-hybridized carbons (Fsp3) is 0.846. The van der Waals surface area contributed by atoms with Crippen molar-refractivity contribution in [2.24, 2.45) is 11.3 Å². The average molecular weight is 212 g/mol. The van der Waals surface area contributed by atoms with Crippen LogP contribution in [0.5, 0.6) is 0 Å². The van der Waals surface area contributed by atoms with Gasteiger partial charge in [-0.25, -0.2) is 0 Å². The summed E-state index contributed by atoms with van der Waals surface area (Å²) in [7, 11) is 1.98. The van der Waals surface area contributed by atoms with Gasteiger partial charge in [0, 0.05) is 12.2 Å². The quantitative estimate of drug-likeness (QED) is 0.681. The Hall–Kier alpha value is -0.500. The fourth-order valence-corrected chi connectivity index (χ4v) is 1.35. The van der Waals surface area contributed by atoms with Gasteiger partial charge < -0.3 is 10.2 Å². The molecule has 0 saturated heterocycles. The lowest BCUT2D eigenvalue weighted by Gasteiger charge is -2.31. The minimum absolute atomic E-state index is 0.392. The molecular weight excluding hydrogens is 184 g/mol. The van der Waals surface area contributed by atoms with Gasteiger partial charge in [0.2, 0.25) is 0 Å². The normalized spacial score (nSPS) is 11.9. The second-order valence-corrected chi connectivity index (χ2v) is 5.73. The van der Waals surface area contributed by atoms with Crippen LogP contribution in [0, 0.1) is 11.3 Å². The molecule has 1 N–H and O–H groups in total. The summed E-state index contributed by atoms with van der Waals surface area (Å²) < 4.78 is 0. The topological polar surface area (TPSA) is 15.3 Å². The molecule has 0 saturated carbocycles. The molecule has 0 aromatic rings. The summed E-state index contributed by atoms with van der Waals surface area (Å²) in [5.41, 5.74) is 1.62. The van der Waals surface area contributed by atoms with E-state index < -0.39 is 0 Å². The third-order valence-corrected chi connectivity index (χ3v) is 2.55. The van der Waals surface area contributed by atoms with Gasteiger partial charge in [-0.2, -0.15) is 0 Å². The number of hydrogen-bond acceptors (Lipinski definition) is 2. The van der Waals surface area contributed by atoms with E-state index in [1.54, 1.807) is 0 Å². The van der Waals surface area contributed by atoms with Crippen molar-refractivity contribution >= 4 is 0 Å². The molecule has 0 heterocycles. The molecule has 0 spiro atoms. The molecule has 0 atom stereocenters. The molecule has 0 bridgehead atoms. The summed E-state index contributed by atoms with van der Waals surface area (Å²) in [5.74, 6) is 0.526. The zero-order valence-corrected chi connectivity index (χ0v) is 11.4. The van der Waals surface area contributed by atoms with Crippen LogP contribution in [0.25, 0.3) is 0 Å². The highest BCUT2D eigenvalue weighted by Gasteiger charge is 2.15. The molecule has 0 unspecified atom stereocenters. The minimum Gasteiger partial charge on any atom is -0.362 e. The van der Waals surface area contributed by atoms with E-state index in [0.29, 0.717) is 11.3 Å². The number of allylic oxidation sites excluding steroid dienone is 1. The summed E-state index contributed by atoms with van der Waals surface area (Å²) in [6.45, 7) is 17.4. The predicted molar refractivity (Wildman–Crippen MR) is 68.7 cm³/mol. The number of nitrogens with zero attached hydrogens (tertiary/aromatic N) is 1. The van der Waals surface area contributed by atoms with Crippen LogP contribution in [0.1, 0.15) is 41.0 Å². The molecular formula is C13H28N2. The van der Waals surface area contributed by atoms with Crippen molar-refractivity contribution in [1.29, 1.82) is 0 Å². The van der Waals surface area contributed by atoms with Gasteiger partial charge in [0.25, 0.3) is 0 Å². The molecule has 0 aliphatic heterocycles. The maximum absolute atomic E-state index is 4.16. The zero-order chi connectivity index (χ0) is 12.1. The van der Waals surface area contributed by atoms with Gasteiger partial charge in [-0.3, -0.25) is 0 Å². The average Bonchev–Trinajstić information content (AvgIpc) is 2.09. The van der Waals surface area contributed by atoms with Gasteiger partial charge in [-0.15, -0.1) is 0 Å². The Kier molecular flexibility index (Phi) is 5.96. The molecule has 2 heteroatoms. The van der Waals surface area contributed by atoms with Gasteiger partial charge in [0.05, 0.1) is 6.67 Å². The van der Waals surface area contributed by atoms with E-state index in [-0.39, 0.29) is 0 Å². The largest absolute Gasteiger partial charge is 0.362 e. The Balaban J connectivity index is 4.22. The Morgan fingerprint density at radius 1 is 1.33 bits per heavy atom. The van der Waals surface area contributed by atoms with E-state index in [0.717, 1.165) is 13.2 Å². The van der Waals surface area contributed by atoms with Gasteiger partial charge in [-0.05, 0) is 24.8 Å². The molecule has 0 amide bonds. The van der Waals surface area contributed by atoms with Gasteiger partial charge in [-0.1, -0.05) is 41.2 Å². The minimum atomic E-state index is 0.392. The molecule has 90 valence electrons. The summed E-state index contributed by atoms with van der Waals surface area (Å²) in [5, 5.41) is 3.20.